The summed E-state index contributed by atoms with van der Waals surface area (Å²) < 4.78 is 5.64. The van der Waals surface area contributed by atoms with E-state index in [1.165, 1.54) is 0 Å². The minimum absolute atomic E-state index is 0.277. The van der Waals surface area contributed by atoms with Gasteiger partial charge < -0.3 is 20.0 Å². The number of nitrogens with zero attached hydrogens (tertiary/aromatic N) is 1. The van der Waals surface area contributed by atoms with E-state index >= 15 is 0 Å². The fourth-order valence-electron chi connectivity index (χ4n) is 4.15. The number of carbonyl (C=O) groups is 1. The highest BCUT2D eigenvalue weighted by Crippen LogP contribution is 2.25. The van der Waals surface area contributed by atoms with Crippen molar-refractivity contribution in [2.75, 3.05) is 24.5 Å². The van der Waals surface area contributed by atoms with Crippen molar-refractivity contribution < 1.29 is 9.21 Å². The van der Waals surface area contributed by atoms with Crippen molar-refractivity contribution in [3.63, 3.8) is 0 Å². The third-order valence-corrected chi connectivity index (χ3v) is 6.27. The summed E-state index contributed by atoms with van der Waals surface area (Å²) >= 11 is 0. The molecule has 2 aromatic carbocycles. The van der Waals surface area contributed by atoms with E-state index in [1.807, 2.05) is 56.3 Å². The van der Waals surface area contributed by atoms with Gasteiger partial charge in [0.05, 0.1) is 0 Å². The molecule has 0 fully saturated rings. The van der Waals surface area contributed by atoms with Crippen LogP contribution in [0, 0.1) is 13.8 Å². The molecule has 1 heterocycles. The van der Waals surface area contributed by atoms with Crippen molar-refractivity contribution in [2.45, 2.75) is 40.7 Å². The SMILES string of the molecule is C=C/C=C\c1cc(CNC(=O)NCCc2c(C)c3ccc(N(CC)CC)cc3oc2=O)ccc1C. The van der Waals surface area contributed by atoms with Crippen molar-refractivity contribution in [2.24, 2.45) is 0 Å². The lowest BCUT2D eigenvalue weighted by molar-refractivity contribution is 0.240. The molecule has 0 saturated heterocycles. The Balaban J connectivity index is 1.61. The molecule has 0 aliphatic heterocycles. The molecule has 0 aliphatic rings. The zero-order valence-corrected chi connectivity index (χ0v) is 21.1. The third-order valence-electron chi connectivity index (χ3n) is 6.27. The quantitative estimate of drug-likeness (QED) is 0.301. The number of urea groups is 1. The summed E-state index contributed by atoms with van der Waals surface area (Å²) in [6.07, 6.45) is 6.02. The number of nitrogens with one attached hydrogen (secondary N) is 2. The van der Waals surface area contributed by atoms with Gasteiger partial charge in [0.1, 0.15) is 5.58 Å². The van der Waals surface area contributed by atoms with Gasteiger partial charge in [0.2, 0.25) is 0 Å². The maximum Gasteiger partial charge on any atom is 0.339 e. The average molecular weight is 474 g/mol. The van der Waals surface area contributed by atoms with Crippen LogP contribution in [0.5, 0.6) is 0 Å². The molecule has 35 heavy (non-hydrogen) atoms. The van der Waals surface area contributed by atoms with E-state index < -0.39 is 0 Å². The number of allylic oxidation sites excluding steroid dienone is 2. The Morgan fingerprint density at radius 3 is 2.57 bits per heavy atom. The monoisotopic (exact) mass is 473 g/mol. The first kappa shape index (κ1) is 25.8. The smallest absolute Gasteiger partial charge is 0.339 e. The highest BCUT2D eigenvalue weighted by atomic mass is 16.4. The number of anilines is 1. The molecule has 0 radical (unpaired) electrons. The maximum atomic E-state index is 12.7. The van der Waals surface area contributed by atoms with Crippen molar-refractivity contribution in [3.05, 3.63) is 93.4 Å². The molecular weight excluding hydrogens is 438 g/mol. The number of rotatable bonds is 10. The van der Waals surface area contributed by atoms with Gasteiger partial charge in [-0.1, -0.05) is 36.9 Å². The van der Waals surface area contributed by atoms with Crippen LogP contribution in [-0.4, -0.2) is 25.7 Å². The predicted molar refractivity (Wildman–Crippen MR) is 145 cm³/mol. The molecule has 6 nitrogen and oxygen atoms in total. The first-order chi connectivity index (χ1) is 16.9. The predicted octanol–water partition coefficient (Wildman–Crippen LogP) is 5.50. The minimum Gasteiger partial charge on any atom is -0.422 e. The lowest BCUT2D eigenvalue weighted by Crippen LogP contribution is -2.36. The van der Waals surface area contributed by atoms with E-state index in [2.05, 4.69) is 42.0 Å². The Kier molecular flexibility index (Phi) is 8.90. The number of hydrogen-bond donors (Lipinski definition) is 2. The van der Waals surface area contributed by atoms with E-state index in [-0.39, 0.29) is 11.7 Å². The minimum atomic E-state index is -0.353. The molecule has 184 valence electrons. The van der Waals surface area contributed by atoms with Crippen LogP contribution in [0.1, 0.15) is 41.7 Å². The molecular formula is C29H35N3O3. The zero-order chi connectivity index (χ0) is 25.4. The van der Waals surface area contributed by atoms with Crippen molar-refractivity contribution >= 4 is 28.8 Å². The normalized spacial score (nSPS) is 11.1. The third kappa shape index (κ3) is 6.41. The number of hydrogen-bond acceptors (Lipinski definition) is 4. The van der Waals surface area contributed by atoms with Crippen LogP contribution in [0.4, 0.5) is 10.5 Å². The second-order valence-corrected chi connectivity index (χ2v) is 8.49. The van der Waals surface area contributed by atoms with Gasteiger partial charge in [-0.2, -0.15) is 0 Å². The Morgan fingerprint density at radius 1 is 1.09 bits per heavy atom. The Hall–Kier alpha value is -3.80. The molecule has 0 aliphatic carbocycles. The largest absolute Gasteiger partial charge is 0.422 e. The van der Waals surface area contributed by atoms with Crippen molar-refractivity contribution in [1.82, 2.24) is 10.6 Å². The molecule has 3 aromatic rings. The van der Waals surface area contributed by atoms with Crippen LogP contribution in [0.25, 0.3) is 17.0 Å². The lowest BCUT2D eigenvalue weighted by Gasteiger charge is -2.21. The van der Waals surface area contributed by atoms with E-state index in [1.54, 1.807) is 6.08 Å². The first-order valence-corrected chi connectivity index (χ1v) is 12.1. The highest BCUT2D eigenvalue weighted by Gasteiger charge is 2.13. The molecule has 6 heteroatoms. The summed E-state index contributed by atoms with van der Waals surface area (Å²) in [7, 11) is 0. The van der Waals surface area contributed by atoms with Gasteiger partial charge in [-0.25, -0.2) is 9.59 Å². The van der Waals surface area contributed by atoms with Crippen LogP contribution < -0.4 is 21.2 Å². The summed E-state index contributed by atoms with van der Waals surface area (Å²) in [6.45, 7) is 14.4. The number of carbonyl (C=O) groups excluding carboxylic acids is 1. The Labute approximate surface area is 207 Å². The maximum absolute atomic E-state index is 12.7. The molecule has 3 rings (SSSR count). The highest BCUT2D eigenvalue weighted by molar-refractivity contribution is 5.84. The molecule has 0 spiro atoms. The van der Waals surface area contributed by atoms with Gasteiger partial charge in [0.25, 0.3) is 0 Å². The summed E-state index contributed by atoms with van der Waals surface area (Å²) in [4.78, 5) is 27.2. The first-order valence-electron chi connectivity index (χ1n) is 12.1. The summed E-state index contributed by atoms with van der Waals surface area (Å²) in [6, 6.07) is 11.8. The van der Waals surface area contributed by atoms with Gasteiger partial charge in [-0.3, -0.25) is 0 Å². The second kappa shape index (κ2) is 12.1. The fraction of sp³-hybridized carbons (Fsp3) is 0.310. The van der Waals surface area contributed by atoms with E-state index in [0.717, 1.165) is 46.4 Å². The van der Waals surface area contributed by atoms with Gasteiger partial charge in [0, 0.05) is 48.9 Å². The molecule has 0 atom stereocenters. The topological polar surface area (TPSA) is 74.6 Å². The molecule has 0 saturated carbocycles. The molecule has 1 aromatic heterocycles. The van der Waals surface area contributed by atoms with Crippen molar-refractivity contribution in [1.29, 1.82) is 0 Å². The molecule has 2 N–H and O–H groups in total. The van der Waals surface area contributed by atoms with Crippen molar-refractivity contribution in [3.8, 4) is 0 Å². The average Bonchev–Trinajstić information content (AvgIpc) is 2.85. The molecule has 0 bridgehead atoms. The standard InChI is InChI=1S/C29H35N3O3/c1-6-9-10-23-17-22(12-11-20(23)4)19-31-29(34)30-16-15-26-21(5)25-14-13-24(32(7-2)8-3)18-27(25)35-28(26)33/h6,9-14,17-18H,1,7-8,15-16,19H2,2-5H3,(H2,30,31,34)/b10-9-. The van der Waals surface area contributed by atoms with Gasteiger partial charge >= 0.3 is 11.7 Å². The second-order valence-electron chi connectivity index (χ2n) is 8.49. The van der Waals surface area contributed by atoms with Crippen LogP contribution >= 0.6 is 0 Å². The van der Waals surface area contributed by atoms with Gasteiger partial charge in [-0.15, -0.1) is 0 Å². The Morgan fingerprint density at radius 2 is 1.86 bits per heavy atom. The van der Waals surface area contributed by atoms with Gasteiger partial charge in [0.15, 0.2) is 0 Å². The van der Waals surface area contributed by atoms with E-state index in [0.29, 0.717) is 30.7 Å². The zero-order valence-electron chi connectivity index (χ0n) is 21.1. The Bertz CT molecular complexity index is 1290. The number of amides is 2. The lowest BCUT2D eigenvalue weighted by atomic mass is 10.0. The number of benzene rings is 2. The van der Waals surface area contributed by atoms with Crippen LogP contribution in [0.3, 0.4) is 0 Å². The summed E-state index contributed by atoms with van der Waals surface area (Å²) in [5.41, 5.74) is 6.01. The summed E-state index contributed by atoms with van der Waals surface area (Å²) in [5, 5.41) is 6.63. The van der Waals surface area contributed by atoms with Crippen LogP contribution in [0.15, 0.2) is 64.3 Å². The number of fused-ring (bicyclic) bond motifs is 1. The fourth-order valence-corrected chi connectivity index (χ4v) is 4.15. The molecule has 0 unspecified atom stereocenters. The molecule has 2 amide bonds. The van der Waals surface area contributed by atoms with E-state index in [9.17, 15) is 9.59 Å². The van der Waals surface area contributed by atoms with Gasteiger partial charge in [-0.05, 0) is 74.6 Å². The summed E-state index contributed by atoms with van der Waals surface area (Å²) in [5.74, 6) is 0. The van der Waals surface area contributed by atoms with Crippen LogP contribution in [0.2, 0.25) is 0 Å². The number of aryl methyl sites for hydroxylation is 2. The van der Waals surface area contributed by atoms with Crippen LogP contribution in [-0.2, 0) is 13.0 Å². The van der Waals surface area contributed by atoms with E-state index in [4.69, 9.17) is 4.42 Å².